The molecule has 104 valence electrons. The van der Waals surface area contributed by atoms with Gasteiger partial charge in [0.05, 0.1) is 0 Å². The molecule has 0 aromatic heterocycles. The fourth-order valence-corrected chi connectivity index (χ4v) is 1.91. The average molecular weight is 280 g/mol. The minimum Gasteiger partial charge on any atom is -0.327 e. The number of nitrogens with zero attached hydrogens (tertiary/aromatic N) is 2. The van der Waals surface area contributed by atoms with Gasteiger partial charge in [0.15, 0.2) is 0 Å². The summed E-state index contributed by atoms with van der Waals surface area (Å²) in [4.78, 5) is 25.5. The highest BCUT2D eigenvalue weighted by Crippen LogP contribution is 2.10. The number of benzene rings is 1. The third kappa shape index (κ3) is 4.59. The van der Waals surface area contributed by atoms with Crippen LogP contribution in [0.15, 0.2) is 30.3 Å². The standard InChI is InChI=1S/C14H20N2O2S/c1-3-4-8-11-15(2)14(18)16(19)13(17)12-9-6-5-7-10-12/h5-7,9-10,19H,3-4,8,11H2,1-2H3. The van der Waals surface area contributed by atoms with Gasteiger partial charge in [-0.2, -0.15) is 0 Å². The summed E-state index contributed by atoms with van der Waals surface area (Å²) >= 11 is 4.01. The lowest BCUT2D eigenvalue weighted by Gasteiger charge is -2.22. The Morgan fingerprint density at radius 3 is 2.37 bits per heavy atom. The highest BCUT2D eigenvalue weighted by molar-refractivity contribution is 7.79. The Balaban J connectivity index is 2.59. The maximum Gasteiger partial charge on any atom is 0.336 e. The summed E-state index contributed by atoms with van der Waals surface area (Å²) in [6.45, 7) is 2.73. The molecule has 0 atom stereocenters. The second-order valence-electron chi connectivity index (χ2n) is 4.39. The first kappa shape index (κ1) is 15.6. The summed E-state index contributed by atoms with van der Waals surface area (Å²) in [5.41, 5.74) is 0.452. The lowest BCUT2D eigenvalue weighted by molar-refractivity contribution is 0.0877. The van der Waals surface area contributed by atoms with Crippen molar-refractivity contribution in [3.8, 4) is 0 Å². The number of urea groups is 1. The summed E-state index contributed by atoms with van der Waals surface area (Å²) in [5.74, 6) is -0.406. The van der Waals surface area contributed by atoms with Gasteiger partial charge in [0.1, 0.15) is 0 Å². The molecule has 0 unspecified atom stereocenters. The zero-order chi connectivity index (χ0) is 14.3. The van der Waals surface area contributed by atoms with E-state index in [1.165, 1.54) is 4.90 Å². The van der Waals surface area contributed by atoms with Crippen molar-refractivity contribution < 1.29 is 9.59 Å². The normalized spacial score (nSPS) is 10.1. The van der Waals surface area contributed by atoms with E-state index in [0.29, 0.717) is 12.1 Å². The van der Waals surface area contributed by atoms with Crippen LogP contribution in [-0.2, 0) is 0 Å². The minimum atomic E-state index is -0.406. The van der Waals surface area contributed by atoms with Gasteiger partial charge < -0.3 is 4.90 Å². The van der Waals surface area contributed by atoms with E-state index in [2.05, 4.69) is 19.7 Å². The third-order valence-corrected chi connectivity index (χ3v) is 3.17. The molecular formula is C14H20N2O2S. The zero-order valence-electron chi connectivity index (χ0n) is 11.4. The molecule has 0 aliphatic rings. The Morgan fingerprint density at radius 1 is 1.16 bits per heavy atom. The number of carbonyl (C=O) groups excluding carboxylic acids is 2. The maximum absolute atomic E-state index is 12.0. The highest BCUT2D eigenvalue weighted by Gasteiger charge is 2.22. The first-order valence-corrected chi connectivity index (χ1v) is 6.81. The third-order valence-electron chi connectivity index (χ3n) is 2.82. The van der Waals surface area contributed by atoms with Crippen molar-refractivity contribution in [2.24, 2.45) is 0 Å². The Morgan fingerprint density at radius 2 is 1.79 bits per heavy atom. The lowest BCUT2D eigenvalue weighted by atomic mass is 10.2. The Hall–Kier alpha value is -1.49. The van der Waals surface area contributed by atoms with Crippen LogP contribution >= 0.6 is 12.8 Å². The van der Waals surface area contributed by atoms with Crippen molar-refractivity contribution in [3.05, 3.63) is 35.9 Å². The van der Waals surface area contributed by atoms with Gasteiger partial charge in [-0.1, -0.05) is 50.8 Å². The quantitative estimate of drug-likeness (QED) is 0.664. The molecule has 0 spiro atoms. The Kier molecular flexibility index (Phi) is 6.42. The molecule has 1 aromatic carbocycles. The number of hydrogen-bond donors (Lipinski definition) is 1. The van der Waals surface area contributed by atoms with Crippen LogP contribution < -0.4 is 0 Å². The summed E-state index contributed by atoms with van der Waals surface area (Å²) in [5, 5.41) is 0. The van der Waals surface area contributed by atoms with E-state index < -0.39 is 11.9 Å². The molecule has 0 bridgehead atoms. The van der Waals surface area contributed by atoms with E-state index in [-0.39, 0.29) is 0 Å². The largest absolute Gasteiger partial charge is 0.336 e. The van der Waals surface area contributed by atoms with Gasteiger partial charge in [-0.15, -0.1) is 0 Å². The van der Waals surface area contributed by atoms with E-state index in [0.717, 1.165) is 23.6 Å². The minimum absolute atomic E-state index is 0.395. The van der Waals surface area contributed by atoms with Crippen molar-refractivity contribution in [3.63, 3.8) is 0 Å². The van der Waals surface area contributed by atoms with Crippen molar-refractivity contribution in [1.82, 2.24) is 9.21 Å². The zero-order valence-corrected chi connectivity index (χ0v) is 12.3. The van der Waals surface area contributed by atoms with Crippen LogP contribution in [-0.4, -0.2) is 34.7 Å². The van der Waals surface area contributed by atoms with E-state index in [4.69, 9.17) is 0 Å². The highest BCUT2D eigenvalue weighted by atomic mass is 32.1. The van der Waals surface area contributed by atoms with Crippen molar-refractivity contribution in [1.29, 1.82) is 0 Å². The molecule has 5 heteroatoms. The van der Waals surface area contributed by atoms with Gasteiger partial charge >= 0.3 is 6.03 Å². The molecule has 0 fully saturated rings. The van der Waals surface area contributed by atoms with Gasteiger partial charge in [-0.05, 0) is 18.6 Å². The second kappa shape index (κ2) is 7.84. The van der Waals surface area contributed by atoms with Crippen LogP contribution in [0, 0.1) is 0 Å². The molecule has 0 aliphatic carbocycles. The molecule has 1 rings (SSSR count). The molecule has 19 heavy (non-hydrogen) atoms. The molecule has 0 radical (unpaired) electrons. The van der Waals surface area contributed by atoms with Crippen LogP contribution in [0.3, 0.4) is 0 Å². The van der Waals surface area contributed by atoms with E-state index in [1.54, 1.807) is 31.3 Å². The van der Waals surface area contributed by atoms with E-state index in [9.17, 15) is 9.59 Å². The van der Waals surface area contributed by atoms with E-state index >= 15 is 0 Å². The van der Waals surface area contributed by atoms with Crippen LogP contribution in [0.5, 0.6) is 0 Å². The van der Waals surface area contributed by atoms with Crippen LogP contribution in [0.1, 0.15) is 36.5 Å². The van der Waals surface area contributed by atoms with Gasteiger partial charge in [-0.25, -0.2) is 9.10 Å². The number of unbranched alkanes of at least 4 members (excludes halogenated alkanes) is 2. The topological polar surface area (TPSA) is 40.6 Å². The van der Waals surface area contributed by atoms with Gasteiger partial charge in [-0.3, -0.25) is 4.79 Å². The number of hydrogen-bond acceptors (Lipinski definition) is 3. The number of thiol groups is 1. The predicted molar refractivity (Wildman–Crippen MR) is 79.1 cm³/mol. The molecule has 0 saturated carbocycles. The van der Waals surface area contributed by atoms with Crippen LogP contribution in [0.25, 0.3) is 0 Å². The molecule has 0 heterocycles. The Labute approximate surface area is 119 Å². The van der Waals surface area contributed by atoms with Gasteiger partial charge in [0.25, 0.3) is 5.91 Å². The molecule has 3 amide bonds. The van der Waals surface area contributed by atoms with Crippen molar-refractivity contribution in [2.45, 2.75) is 26.2 Å². The fraction of sp³-hybridized carbons (Fsp3) is 0.429. The first-order chi connectivity index (χ1) is 9.07. The SMILES string of the molecule is CCCCCN(C)C(=O)N(S)C(=O)c1ccccc1. The number of rotatable bonds is 5. The Bertz CT molecular complexity index is 423. The summed E-state index contributed by atoms with van der Waals surface area (Å²) in [7, 11) is 1.68. The van der Waals surface area contributed by atoms with Crippen molar-refractivity contribution >= 4 is 24.8 Å². The fourth-order valence-electron chi connectivity index (χ4n) is 1.65. The molecule has 4 nitrogen and oxygen atoms in total. The van der Waals surface area contributed by atoms with Crippen LogP contribution in [0.2, 0.25) is 0 Å². The predicted octanol–water partition coefficient (Wildman–Crippen LogP) is 3.22. The molecule has 0 aliphatic heterocycles. The molecular weight excluding hydrogens is 260 g/mol. The smallest absolute Gasteiger partial charge is 0.327 e. The first-order valence-electron chi connectivity index (χ1n) is 6.41. The van der Waals surface area contributed by atoms with Crippen molar-refractivity contribution in [2.75, 3.05) is 13.6 Å². The lowest BCUT2D eigenvalue weighted by Crippen LogP contribution is -2.39. The second-order valence-corrected chi connectivity index (χ2v) is 4.79. The van der Waals surface area contributed by atoms with E-state index in [1.807, 2.05) is 6.07 Å². The maximum atomic E-state index is 12.0. The van der Waals surface area contributed by atoms with Gasteiger partial charge in [0, 0.05) is 19.2 Å². The monoisotopic (exact) mass is 280 g/mol. The number of imide groups is 1. The number of amides is 3. The van der Waals surface area contributed by atoms with Crippen LogP contribution in [0.4, 0.5) is 4.79 Å². The summed E-state index contributed by atoms with van der Waals surface area (Å²) in [6, 6.07) is 8.26. The summed E-state index contributed by atoms with van der Waals surface area (Å²) in [6.07, 6.45) is 3.09. The van der Waals surface area contributed by atoms with Gasteiger partial charge in [0.2, 0.25) is 0 Å². The molecule has 0 saturated heterocycles. The molecule has 1 aromatic rings. The average Bonchev–Trinajstić information content (AvgIpc) is 2.46. The molecule has 0 N–H and O–H groups in total. The number of carbonyl (C=O) groups is 2. The summed E-state index contributed by atoms with van der Waals surface area (Å²) < 4.78 is 0.862.